The van der Waals surface area contributed by atoms with Gasteiger partial charge in [-0.05, 0) is 60.2 Å². The Hall–Kier alpha value is -5.51. The van der Waals surface area contributed by atoms with Gasteiger partial charge in [-0.15, -0.1) is 11.3 Å². The smallest absolute Gasteiger partial charge is 0.270 e. The molecule has 236 valence electrons. The van der Waals surface area contributed by atoms with Crippen molar-refractivity contribution < 1.29 is 14.5 Å². The predicted octanol–water partition coefficient (Wildman–Crippen LogP) is 6.24. The summed E-state index contributed by atoms with van der Waals surface area (Å²) in [6.07, 6.45) is 3.38. The van der Waals surface area contributed by atoms with Gasteiger partial charge in [-0.3, -0.25) is 19.7 Å². The second-order valence-corrected chi connectivity index (χ2v) is 12.6. The maximum Gasteiger partial charge on any atom is 0.270 e. The molecule has 3 aromatic carbocycles. The van der Waals surface area contributed by atoms with E-state index in [0.717, 1.165) is 16.9 Å². The molecule has 47 heavy (non-hydrogen) atoms. The van der Waals surface area contributed by atoms with Crippen LogP contribution >= 0.6 is 22.9 Å². The third kappa shape index (κ3) is 7.17. The highest BCUT2D eigenvalue weighted by atomic mass is 35.5. The van der Waals surface area contributed by atoms with Crippen molar-refractivity contribution in [1.82, 2.24) is 14.5 Å². The molecule has 1 fully saturated rings. The van der Waals surface area contributed by atoms with Crippen LogP contribution in [0.1, 0.15) is 36.9 Å². The number of benzene rings is 3. The molecule has 0 atom stereocenters. The first-order valence-electron chi connectivity index (χ1n) is 14.7. The fraction of sp³-hybridized carbons (Fsp3) is 0.176. The lowest BCUT2D eigenvalue weighted by molar-refractivity contribution is -0.384. The van der Waals surface area contributed by atoms with Crippen LogP contribution in [0, 0.1) is 21.4 Å². The zero-order chi connectivity index (χ0) is 32.9. The summed E-state index contributed by atoms with van der Waals surface area (Å²) in [5.74, 6) is -0.418. The number of nitriles is 1. The van der Waals surface area contributed by atoms with E-state index in [-0.39, 0.29) is 23.7 Å². The molecule has 1 aliphatic rings. The number of nitrogens with zero attached hydrogens (tertiary/aromatic N) is 7. The molecule has 1 aliphatic heterocycles. The number of nitro groups is 1. The predicted molar refractivity (Wildman–Crippen MR) is 180 cm³/mol. The number of imidazole rings is 1. The maximum atomic E-state index is 14.0. The highest BCUT2D eigenvalue weighted by Crippen LogP contribution is 2.27. The molecule has 2 amide bonds. The van der Waals surface area contributed by atoms with Crippen molar-refractivity contribution in [2.45, 2.75) is 13.1 Å². The fourth-order valence-electron chi connectivity index (χ4n) is 5.45. The van der Waals surface area contributed by atoms with Crippen molar-refractivity contribution in [3.05, 3.63) is 139 Å². The van der Waals surface area contributed by atoms with Gasteiger partial charge in [-0.25, -0.2) is 4.98 Å². The Morgan fingerprint density at radius 3 is 2.40 bits per heavy atom. The number of rotatable bonds is 9. The normalized spacial score (nSPS) is 12.9. The van der Waals surface area contributed by atoms with E-state index in [1.807, 2.05) is 45.9 Å². The summed E-state index contributed by atoms with van der Waals surface area (Å²) < 4.78 is 2.51. The number of amides is 2. The molecule has 6 rings (SSSR count). The molecule has 0 radical (unpaired) electrons. The summed E-state index contributed by atoms with van der Waals surface area (Å²) in [5, 5.41) is 20.6. The van der Waals surface area contributed by atoms with Crippen molar-refractivity contribution in [2.24, 2.45) is 0 Å². The fourth-order valence-corrected chi connectivity index (χ4v) is 6.46. The number of carbonyl (C=O) groups is 2. The summed E-state index contributed by atoms with van der Waals surface area (Å²) in [5.41, 5.74) is 3.87. The topological polar surface area (TPSA) is 129 Å². The summed E-state index contributed by atoms with van der Waals surface area (Å²) in [4.78, 5) is 48.3. The Balaban J connectivity index is 1.22. The van der Waals surface area contributed by atoms with Crippen LogP contribution in [-0.4, -0.2) is 57.4 Å². The minimum atomic E-state index is -0.522. The first kappa shape index (κ1) is 31.5. The lowest BCUT2D eigenvalue weighted by atomic mass is 10.1. The average molecular weight is 666 g/mol. The standard InChI is InChI=1S/C34H28ClN7O4S/c35-32-13-12-31(47-32)34(44)39-16-14-38(15-17-39)27-8-10-28(11-9-27)41(33(43)26-2-1-3-29(18-26)42(45)46)22-30-20-37-23-40(30)21-25-6-4-24(19-36)5-7-25/h1-13,18,20,23H,14-17,21-22H2. The number of piperazine rings is 1. The van der Waals surface area contributed by atoms with Crippen molar-refractivity contribution in [3.63, 3.8) is 0 Å². The van der Waals surface area contributed by atoms with Crippen LogP contribution in [0.5, 0.6) is 0 Å². The molecule has 11 nitrogen and oxygen atoms in total. The SMILES string of the molecule is N#Cc1ccc(Cn2cncc2CN(C(=O)c2cccc([N+](=O)[O-])c2)c2ccc(N3CCN(C(=O)c4ccc(Cl)s4)CC3)cc2)cc1. The third-order valence-corrected chi connectivity index (χ3v) is 9.20. The molecule has 0 unspecified atom stereocenters. The number of carbonyl (C=O) groups excluding carboxylic acids is 2. The number of thiophene rings is 1. The molecule has 3 heterocycles. The minimum absolute atomic E-state index is 0.0226. The number of anilines is 2. The summed E-state index contributed by atoms with van der Waals surface area (Å²) >= 11 is 7.30. The van der Waals surface area contributed by atoms with Crippen molar-refractivity contribution >= 4 is 51.8 Å². The molecular weight excluding hydrogens is 638 g/mol. The second-order valence-electron chi connectivity index (χ2n) is 10.9. The first-order chi connectivity index (χ1) is 22.8. The van der Waals surface area contributed by atoms with Gasteiger partial charge in [0.05, 0.1) is 44.3 Å². The summed E-state index contributed by atoms with van der Waals surface area (Å²) in [6.45, 7) is 3.06. The van der Waals surface area contributed by atoms with E-state index in [2.05, 4.69) is 16.0 Å². The van der Waals surface area contributed by atoms with E-state index < -0.39 is 10.8 Å². The van der Waals surface area contributed by atoms with E-state index in [0.29, 0.717) is 53.2 Å². The first-order valence-corrected chi connectivity index (χ1v) is 15.9. The van der Waals surface area contributed by atoms with E-state index in [1.54, 1.807) is 47.8 Å². The van der Waals surface area contributed by atoms with Crippen molar-refractivity contribution in [3.8, 4) is 6.07 Å². The molecule has 0 spiro atoms. The molecule has 5 aromatic rings. The highest BCUT2D eigenvalue weighted by Gasteiger charge is 2.25. The van der Waals surface area contributed by atoms with Gasteiger partial charge in [0.2, 0.25) is 0 Å². The van der Waals surface area contributed by atoms with Gasteiger partial charge < -0.3 is 19.3 Å². The van der Waals surface area contributed by atoms with E-state index in [9.17, 15) is 19.7 Å². The Bertz CT molecular complexity index is 1960. The van der Waals surface area contributed by atoms with Gasteiger partial charge >= 0.3 is 0 Å². The van der Waals surface area contributed by atoms with Gasteiger partial charge in [0.15, 0.2) is 0 Å². The number of aromatic nitrogens is 2. The van der Waals surface area contributed by atoms with Gasteiger partial charge in [0.1, 0.15) is 0 Å². The molecule has 0 aliphatic carbocycles. The largest absolute Gasteiger partial charge is 0.368 e. The van der Waals surface area contributed by atoms with Crippen LogP contribution < -0.4 is 9.80 Å². The van der Waals surface area contributed by atoms with Crippen LogP contribution in [0.3, 0.4) is 0 Å². The molecule has 0 bridgehead atoms. The molecule has 2 aromatic heterocycles. The van der Waals surface area contributed by atoms with E-state index in [1.165, 1.54) is 29.5 Å². The highest BCUT2D eigenvalue weighted by molar-refractivity contribution is 7.17. The van der Waals surface area contributed by atoms with Gasteiger partial charge in [0.25, 0.3) is 17.5 Å². The molecule has 1 saturated heterocycles. The lowest BCUT2D eigenvalue weighted by Gasteiger charge is -2.36. The molecule has 0 saturated carbocycles. The van der Waals surface area contributed by atoms with Crippen molar-refractivity contribution in [2.75, 3.05) is 36.0 Å². The number of halogens is 1. The van der Waals surface area contributed by atoms with Crippen LogP contribution in [-0.2, 0) is 13.1 Å². The summed E-state index contributed by atoms with van der Waals surface area (Å²) in [6, 6.07) is 26.1. The van der Waals surface area contributed by atoms with Crippen molar-refractivity contribution in [1.29, 1.82) is 5.26 Å². The minimum Gasteiger partial charge on any atom is -0.368 e. The number of non-ortho nitro benzene ring substituents is 1. The van der Waals surface area contributed by atoms with Gasteiger partial charge in [-0.1, -0.05) is 29.8 Å². The number of hydrogen-bond acceptors (Lipinski definition) is 8. The zero-order valence-electron chi connectivity index (χ0n) is 25.0. The van der Waals surface area contributed by atoms with Crippen LogP contribution in [0.25, 0.3) is 0 Å². The molecule has 0 N–H and O–H groups in total. The summed E-state index contributed by atoms with van der Waals surface area (Å²) in [7, 11) is 0. The Labute approximate surface area is 279 Å². The van der Waals surface area contributed by atoms with Gasteiger partial charge in [0, 0.05) is 68.0 Å². The van der Waals surface area contributed by atoms with Crippen LogP contribution in [0.4, 0.5) is 17.1 Å². The van der Waals surface area contributed by atoms with E-state index in [4.69, 9.17) is 16.9 Å². The van der Waals surface area contributed by atoms with Crippen LogP contribution in [0.15, 0.2) is 97.5 Å². The quantitative estimate of drug-likeness (QED) is 0.135. The average Bonchev–Trinajstić information content (AvgIpc) is 3.75. The molecular formula is C34H28ClN7O4S. The zero-order valence-corrected chi connectivity index (χ0v) is 26.6. The Morgan fingerprint density at radius 2 is 1.74 bits per heavy atom. The number of hydrogen-bond donors (Lipinski definition) is 0. The lowest BCUT2D eigenvalue weighted by Crippen LogP contribution is -2.48. The van der Waals surface area contributed by atoms with E-state index >= 15 is 0 Å². The van der Waals surface area contributed by atoms with Crippen LogP contribution in [0.2, 0.25) is 4.34 Å². The number of nitro benzene ring substituents is 1. The Morgan fingerprint density at radius 1 is 1.00 bits per heavy atom. The monoisotopic (exact) mass is 665 g/mol. The Kier molecular flexibility index (Phi) is 9.28. The maximum absolute atomic E-state index is 14.0. The van der Waals surface area contributed by atoms with Gasteiger partial charge in [-0.2, -0.15) is 5.26 Å². The third-order valence-electron chi connectivity index (χ3n) is 7.98. The molecule has 13 heteroatoms. The second kappa shape index (κ2) is 13.9.